The van der Waals surface area contributed by atoms with Gasteiger partial charge in [-0.3, -0.25) is 9.59 Å². The average molecular weight is 387 g/mol. The third kappa shape index (κ3) is 4.33. The van der Waals surface area contributed by atoms with Crippen LogP contribution in [0, 0.1) is 0 Å². The fraction of sp³-hybridized carbons (Fsp3) is 0.176. The first kappa shape index (κ1) is 19.7. The van der Waals surface area contributed by atoms with Crippen molar-refractivity contribution in [3.8, 4) is 0 Å². The van der Waals surface area contributed by atoms with E-state index in [-0.39, 0.29) is 10.7 Å². The minimum absolute atomic E-state index is 0.128. The summed E-state index contributed by atoms with van der Waals surface area (Å²) in [6, 6.07) is 12.3. The molecule has 0 bridgehead atoms. The van der Waals surface area contributed by atoms with Crippen molar-refractivity contribution < 1.29 is 27.9 Å². The number of nitrogens with one attached hydrogen (secondary N) is 2. The van der Waals surface area contributed by atoms with Crippen LogP contribution in [0.5, 0.6) is 0 Å². The normalized spacial score (nSPS) is 13.6. The molecule has 138 valence electrons. The molecule has 26 heavy (non-hydrogen) atoms. The van der Waals surface area contributed by atoms with Crippen LogP contribution >= 0.6 is 11.6 Å². The van der Waals surface area contributed by atoms with Gasteiger partial charge in [-0.1, -0.05) is 54.1 Å². The van der Waals surface area contributed by atoms with E-state index >= 15 is 0 Å². The molecular weight excluding hydrogens is 373 g/mol. The van der Waals surface area contributed by atoms with Crippen molar-refractivity contribution in [1.82, 2.24) is 5.32 Å². The van der Waals surface area contributed by atoms with E-state index in [1.165, 1.54) is 30.3 Å². The second-order valence-corrected chi connectivity index (χ2v) is 5.75. The van der Waals surface area contributed by atoms with E-state index in [0.717, 1.165) is 12.1 Å². The Labute approximate surface area is 151 Å². The molecule has 2 aromatic rings. The van der Waals surface area contributed by atoms with Gasteiger partial charge in [-0.2, -0.15) is 13.2 Å². The summed E-state index contributed by atoms with van der Waals surface area (Å²) in [5.74, 6) is -2.56. The largest absolute Gasteiger partial charge is 0.423 e. The zero-order valence-electron chi connectivity index (χ0n) is 13.2. The van der Waals surface area contributed by atoms with Crippen molar-refractivity contribution >= 4 is 29.1 Å². The van der Waals surface area contributed by atoms with Crippen molar-refractivity contribution in [3.63, 3.8) is 0 Å². The van der Waals surface area contributed by atoms with Crippen LogP contribution in [0.4, 0.5) is 18.9 Å². The standard InChI is InChI=1S/C17H14ClF3N2O3/c18-12-8-4-5-9-13(12)23-15(25)14(24)22-10-16(26,17(19,20)21)11-6-2-1-3-7-11/h1-9,26H,10H2,(H,22,24)(H,23,25)/t16-/m1/s1. The number of benzene rings is 2. The minimum Gasteiger partial charge on any atom is -0.375 e. The Morgan fingerprint density at radius 3 is 2.12 bits per heavy atom. The molecule has 5 nitrogen and oxygen atoms in total. The van der Waals surface area contributed by atoms with Crippen molar-refractivity contribution in [2.24, 2.45) is 0 Å². The molecule has 0 unspecified atom stereocenters. The molecule has 0 aliphatic rings. The molecular formula is C17H14ClF3N2O3. The highest BCUT2D eigenvalue weighted by Crippen LogP contribution is 2.38. The number of para-hydroxylation sites is 1. The molecule has 0 saturated heterocycles. The SMILES string of the molecule is O=C(NC[C@@](O)(c1ccccc1)C(F)(F)F)C(=O)Nc1ccccc1Cl. The van der Waals surface area contributed by atoms with Crippen LogP contribution in [0.1, 0.15) is 5.56 Å². The first-order chi connectivity index (χ1) is 12.1. The Balaban J connectivity index is 2.10. The molecule has 2 amide bonds. The van der Waals surface area contributed by atoms with Gasteiger partial charge in [0.1, 0.15) is 0 Å². The highest BCUT2D eigenvalue weighted by Gasteiger charge is 2.55. The number of anilines is 1. The predicted octanol–water partition coefficient (Wildman–Crippen LogP) is 2.84. The molecule has 1 atom stereocenters. The van der Waals surface area contributed by atoms with Crippen LogP contribution < -0.4 is 10.6 Å². The highest BCUT2D eigenvalue weighted by atomic mass is 35.5. The lowest BCUT2D eigenvalue weighted by atomic mass is 9.93. The van der Waals surface area contributed by atoms with E-state index in [4.69, 9.17) is 11.6 Å². The van der Waals surface area contributed by atoms with Gasteiger partial charge in [0.05, 0.1) is 17.3 Å². The molecule has 0 radical (unpaired) electrons. The Morgan fingerprint density at radius 1 is 0.962 bits per heavy atom. The van der Waals surface area contributed by atoms with Crippen LogP contribution in [-0.4, -0.2) is 29.6 Å². The molecule has 0 fully saturated rings. The summed E-state index contributed by atoms with van der Waals surface area (Å²) in [5, 5.41) is 14.2. The summed E-state index contributed by atoms with van der Waals surface area (Å²) >= 11 is 5.83. The predicted molar refractivity (Wildman–Crippen MR) is 89.5 cm³/mol. The Kier molecular flexibility index (Phi) is 5.89. The third-order valence-corrected chi connectivity index (χ3v) is 3.88. The van der Waals surface area contributed by atoms with E-state index in [1.54, 1.807) is 17.4 Å². The molecule has 2 aromatic carbocycles. The first-order valence-electron chi connectivity index (χ1n) is 7.33. The lowest BCUT2D eigenvalue weighted by molar-refractivity contribution is -0.264. The Hall–Kier alpha value is -2.58. The van der Waals surface area contributed by atoms with Gasteiger partial charge in [0.15, 0.2) is 0 Å². The van der Waals surface area contributed by atoms with Crippen molar-refractivity contribution in [2.75, 3.05) is 11.9 Å². The summed E-state index contributed by atoms with van der Waals surface area (Å²) in [7, 11) is 0. The number of alkyl halides is 3. The maximum Gasteiger partial charge on any atom is 0.423 e. The molecule has 0 aromatic heterocycles. The maximum atomic E-state index is 13.3. The van der Waals surface area contributed by atoms with Crippen molar-refractivity contribution in [2.45, 2.75) is 11.8 Å². The van der Waals surface area contributed by atoms with Crippen LogP contribution in [0.15, 0.2) is 54.6 Å². The van der Waals surface area contributed by atoms with E-state index in [0.29, 0.717) is 0 Å². The summed E-state index contributed by atoms with van der Waals surface area (Å²) < 4.78 is 40.0. The van der Waals surface area contributed by atoms with Gasteiger partial charge in [-0.25, -0.2) is 0 Å². The molecule has 0 spiro atoms. The summed E-state index contributed by atoms with van der Waals surface area (Å²) in [5.41, 5.74) is -3.67. The van der Waals surface area contributed by atoms with Crippen molar-refractivity contribution in [3.05, 3.63) is 65.2 Å². The zero-order chi connectivity index (χ0) is 19.4. The molecule has 0 heterocycles. The second-order valence-electron chi connectivity index (χ2n) is 5.34. The quantitative estimate of drug-likeness (QED) is 0.707. The lowest BCUT2D eigenvalue weighted by Crippen LogP contribution is -2.52. The van der Waals surface area contributed by atoms with Gasteiger partial charge < -0.3 is 15.7 Å². The van der Waals surface area contributed by atoms with Gasteiger partial charge in [0.25, 0.3) is 0 Å². The van der Waals surface area contributed by atoms with Crippen molar-refractivity contribution in [1.29, 1.82) is 0 Å². The fourth-order valence-electron chi connectivity index (χ4n) is 2.11. The number of halogens is 4. The molecule has 0 aliphatic heterocycles. The van der Waals surface area contributed by atoms with Gasteiger partial charge in [0, 0.05) is 0 Å². The topological polar surface area (TPSA) is 78.4 Å². The number of rotatable bonds is 4. The van der Waals surface area contributed by atoms with Crippen LogP contribution in [-0.2, 0) is 15.2 Å². The van der Waals surface area contributed by atoms with Crippen LogP contribution in [0.2, 0.25) is 5.02 Å². The molecule has 9 heteroatoms. The number of carbonyl (C=O) groups excluding carboxylic acids is 2. The number of hydrogen-bond donors (Lipinski definition) is 3. The smallest absolute Gasteiger partial charge is 0.375 e. The second kappa shape index (κ2) is 7.76. The fourth-order valence-corrected chi connectivity index (χ4v) is 2.29. The summed E-state index contributed by atoms with van der Waals surface area (Å²) in [6.07, 6.45) is -5.07. The van der Waals surface area contributed by atoms with Gasteiger partial charge in [-0.05, 0) is 17.7 Å². The molecule has 3 N–H and O–H groups in total. The summed E-state index contributed by atoms with van der Waals surface area (Å²) in [4.78, 5) is 23.6. The Morgan fingerprint density at radius 2 is 1.54 bits per heavy atom. The zero-order valence-corrected chi connectivity index (χ0v) is 13.9. The number of aliphatic hydroxyl groups is 1. The van der Waals surface area contributed by atoms with Crippen LogP contribution in [0.25, 0.3) is 0 Å². The van der Waals surface area contributed by atoms with Gasteiger partial charge >= 0.3 is 18.0 Å². The first-order valence-corrected chi connectivity index (χ1v) is 7.71. The number of hydrogen-bond acceptors (Lipinski definition) is 3. The molecule has 2 rings (SSSR count). The van der Waals surface area contributed by atoms with E-state index in [9.17, 15) is 27.9 Å². The monoisotopic (exact) mass is 386 g/mol. The van der Waals surface area contributed by atoms with Gasteiger partial charge in [0.2, 0.25) is 5.60 Å². The average Bonchev–Trinajstić information content (AvgIpc) is 2.61. The van der Waals surface area contributed by atoms with Crippen LogP contribution in [0.3, 0.4) is 0 Å². The molecule has 0 saturated carbocycles. The maximum absolute atomic E-state index is 13.3. The third-order valence-electron chi connectivity index (χ3n) is 3.55. The van der Waals surface area contributed by atoms with E-state index in [1.807, 2.05) is 0 Å². The number of carbonyl (C=O) groups is 2. The highest BCUT2D eigenvalue weighted by molar-refractivity contribution is 6.41. The Bertz CT molecular complexity index is 799. The van der Waals surface area contributed by atoms with Gasteiger partial charge in [-0.15, -0.1) is 0 Å². The summed E-state index contributed by atoms with van der Waals surface area (Å²) in [6.45, 7) is -1.23. The van der Waals surface area contributed by atoms with E-state index < -0.39 is 35.7 Å². The molecule has 0 aliphatic carbocycles. The van der Waals surface area contributed by atoms with E-state index in [2.05, 4.69) is 5.32 Å². The minimum atomic E-state index is -5.07. The number of amides is 2. The lowest BCUT2D eigenvalue weighted by Gasteiger charge is -2.31.